The molecule has 0 aliphatic carbocycles. The lowest BCUT2D eigenvalue weighted by Crippen LogP contribution is -2.42. The molecule has 1 atom stereocenters. The van der Waals surface area contributed by atoms with E-state index >= 15 is 0 Å². The van der Waals surface area contributed by atoms with Crippen molar-refractivity contribution in [1.82, 2.24) is 14.7 Å². The molecule has 4 nitrogen and oxygen atoms in total. The molecular weight excluding hydrogens is 473 g/mol. The van der Waals surface area contributed by atoms with Crippen molar-refractivity contribution < 1.29 is 4.74 Å². The van der Waals surface area contributed by atoms with E-state index in [-0.39, 0.29) is 0 Å². The standard InChI is InChI=1S/C23H24Cl3N3OS/c1-14-19(12-28-11-16-7-5-4-6-15(16)8-18(28)13-30-2)23(31-3)29(27-14)22-20(25)9-17(24)10-21(22)26/h4-7,9-10,18H,8,11-13H2,1-3H3. The highest BCUT2D eigenvalue weighted by atomic mass is 35.5. The quantitative estimate of drug-likeness (QED) is 0.368. The number of hydrogen-bond donors (Lipinski definition) is 0. The first-order valence-corrected chi connectivity index (χ1v) is 12.4. The van der Waals surface area contributed by atoms with E-state index in [4.69, 9.17) is 44.6 Å². The van der Waals surface area contributed by atoms with Crippen LogP contribution < -0.4 is 0 Å². The summed E-state index contributed by atoms with van der Waals surface area (Å²) in [6, 6.07) is 12.3. The van der Waals surface area contributed by atoms with Gasteiger partial charge in [0.1, 0.15) is 10.7 Å². The molecule has 0 saturated carbocycles. The van der Waals surface area contributed by atoms with E-state index in [1.807, 2.05) is 17.9 Å². The Hall–Kier alpha value is -1.21. The van der Waals surface area contributed by atoms with Crippen LogP contribution in [-0.4, -0.2) is 40.7 Å². The van der Waals surface area contributed by atoms with Crippen molar-refractivity contribution in [3.63, 3.8) is 0 Å². The zero-order valence-electron chi connectivity index (χ0n) is 17.7. The Balaban J connectivity index is 1.72. The van der Waals surface area contributed by atoms with Crippen LogP contribution in [0.1, 0.15) is 22.4 Å². The maximum atomic E-state index is 6.51. The van der Waals surface area contributed by atoms with Gasteiger partial charge in [0.25, 0.3) is 0 Å². The van der Waals surface area contributed by atoms with Crippen LogP contribution in [0.5, 0.6) is 0 Å². The number of benzene rings is 2. The predicted octanol–water partition coefficient (Wildman–Crippen LogP) is 6.44. The third kappa shape index (κ3) is 4.63. The maximum Gasteiger partial charge on any atom is 0.104 e. The van der Waals surface area contributed by atoms with Crippen molar-refractivity contribution >= 4 is 46.6 Å². The van der Waals surface area contributed by atoms with E-state index in [0.29, 0.717) is 33.4 Å². The number of aromatic nitrogens is 2. The second-order valence-corrected chi connectivity index (χ2v) is 9.74. The number of methoxy groups -OCH3 is 1. The van der Waals surface area contributed by atoms with Gasteiger partial charge in [0, 0.05) is 36.8 Å². The highest BCUT2D eigenvalue weighted by Gasteiger charge is 2.29. The first-order valence-electron chi connectivity index (χ1n) is 10.00. The molecule has 2 heterocycles. The van der Waals surface area contributed by atoms with Crippen molar-refractivity contribution in [2.45, 2.75) is 37.5 Å². The predicted molar refractivity (Wildman–Crippen MR) is 130 cm³/mol. The van der Waals surface area contributed by atoms with Crippen LogP contribution >= 0.6 is 46.6 Å². The molecule has 0 spiro atoms. The van der Waals surface area contributed by atoms with E-state index in [2.05, 4.69) is 29.2 Å². The second-order valence-electron chi connectivity index (χ2n) is 7.69. The van der Waals surface area contributed by atoms with E-state index < -0.39 is 0 Å². The van der Waals surface area contributed by atoms with Gasteiger partial charge in [0.15, 0.2) is 0 Å². The van der Waals surface area contributed by atoms with Crippen LogP contribution in [0.2, 0.25) is 15.1 Å². The average Bonchev–Trinajstić information content (AvgIpc) is 3.02. The van der Waals surface area contributed by atoms with Crippen LogP contribution in [-0.2, 0) is 24.2 Å². The van der Waals surface area contributed by atoms with Crippen LogP contribution in [0.25, 0.3) is 5.69 Å². The summed E-state index contributed by atoms with van der Waals surface area (Å²) in [5.41, 5.74) is 5.56. The number of thioether (sulfide) groups is 1. The average molecular weight is 497 g/mol. The number of nitrogens with zero attached hydrogens (tertiary/aromatic N) is 3. The minimum absolute atomic E-state index is 0.306. The fraction of sp³-hybridized carbons (Fsp3) is 0.348. The molecule has 1 aromatic heterocycles. The molecule has 1 aliphatic rings. The van der Waals surface area contributed by atoms with Gasteiger partial charge in [0.2, 0.25) is 0 Å². The van der Waals surface area contributed by atoms with E-state index in [0.717, 1.165) is 30.2 Å². The number of rotatable bonds is 6. The maximum absolute atomic E-state index is 6.51. The van der Waals surface area contributed by atoms with Gasteiger partial charge in [-0.1, -0.05) is 59.1 Å². The van der Waals surface area contributed by atoms with Gasteiger partial charge in [-0.05, 0) is 42.9 Å². The molecule has 0 bridgehead atoms. The third-order valence-electron chi connectivity index (χ3n) is 5.71. The Labute approximate surface area is 202 Å². The van der Waals surface area contributed by atoms with Crippen LogP contribution in [0.15, 0.2) is 41.4 Å². The SMILES string of the molecule is COCC1Cc2ccccc2CN1Cc1c(C)nn(-c2c(Cl)cc(Cl)cc2Cl)c1SC. The third-order valence-corrected chi connectivity index (χ3v) is 7.31. The lowest BCUT2D eigenvalue weighted by molar-refractivity contribution is 0.0716. The molecule has 0 amide bonds. The number of ether oxygens (including phenoxy) is 1. The van der Waals surface area contributed by atoms with Crippen LogP contribution in [0.3, 0.4) is 0 Å². The highest BCUT2D eigenvalue weighted by Crippen LogP contribution is 2.37. The smallest absolute Gasteiger partial charge is 0.104 e. The van der Waals surface area contributed by atoms with Gasteiger partial charge < -0.3 is 4.74 Å². The van der Waals surface area contributed by atoms with E-state index in [1.54, 1.807) is 31.0 Å². The monoisotopic (exact) mass is 495 g/mol. The van der Waals surface area contributed by atoms with Gasteiger partial charge >= 0.3 is 0 Å². The van der Waals surface area contributed by atoms with E-state index in [1.165, 1.54) is 16.7 Å². The second kappa shape index (κ2) is 9.74. The molecule has 3 aromatic rings. The molecule has 0 fully saturated rings. The number of aryl methyl sites for hydroxylation is 1. The molecule has 4 rings (SSSR count). The zero-order valence-corrected chi connectivity index (χ0v) is 20.7. The summed E-state index contributed by atoms with van der Waals surface area (Å²) in [6.07, 6.45) is 3.02. The Morgan fingerprint density at radius 3 is 2.45 bits per heavy atom. The molecule has 1 aliphatic heterocycles. The van der Waals surface area contributed by atoms with Crippen LogP contribution in [0.4, 0.5) is 0 Å². The topological polar surface area (TPSA) is 30.3 Å². The lowest BCUT2D eigenvalue weighted by Gasteiger charge is -2.36. The van der Waals surface area contributed by atoms with Gasteiger partial charge in [-0.15, -0.1) is 11.8 Å². The molecule has 0 N–H and O–H groups in total. The Bertz CT molecular complexity index is 1080. The lowest BCUT2D eigenvalue weighted by atomic mass is 9.94. The Kier molecular flexibility index (Phi) is 7.21. The summed E-state index contributed by atoms with van der Waals surface area (Å²) in [5, 5.41) is 7.29. The minimum atomic E-state index is 0.306. The Morgan fingerprint density at radius 1 is 1.13 bits per heavy atom. The van der Waals surface area contributed by atoms with Crippen molar-refractivity contribution in [1.29, 1.82) is 0 Å². The normalized spacial score (nSPS) is 16.5. The van der Waals surface area contributed by atoms with Crippen molar-refractivity contribution in [2.75, 3.05) is 20.0 Å². The summed E-state index contributed by atoms with van der Waals surface area (Å²) < 4.78 is 7.40. The summed E-state index contributed by atoms with van der Waals surface area (Å²) in [4.78, 5) is 2.48. The molecular formula is C23H24Cl3N3OS. The molecule has 164 valence electrons. The first-order chi connectivity index (χ1) is 14.9. The van der Waals surface area contributed by atoms with Crippen molar-refractivity contribution in [2.24, 2.45) is 0 Å². The molecule has 1 unspecified atom stereocenters. The largest absolute Gasteiger partial charge is 0.383 e. The van der Waals surface area contributed by atoms with Gasteiger partial charge in [0.05, 0.1) is 22.3 Å². The summed E-state index contributed by atoms with van der Waals surface area (Å²) in [6.45, 7) is 4.37. The van der Waals surface area contributed by atoms with Gasteiger partial charge in [-0.3, -0.25) is 4.90 Å². The van der Waals surface area contributed by atoms with Gasteiger partial charge in [-0.25, -0.2) is 4.68 Å². The van der Waals surface area contributed by atoms with Crippen molar-refractivity contribution in [3.8, 4) is 5.69 Å². The fourth-order valence-electron chi connectivity index (χ4n) is 4.21. The molecule has 0 saturated heterocycles. The molecule has 0 radical (unpaired) electrons. The number of halogens is 3. The summed E-state index contributed by atoms with van der Waals surface area (Å²) >= 11 is 20.8. The molecule has 8 heteroatoms. The fourth-order valence-corrected chi connectivity index (χ4v) is 5.95. The highest BCUT2D eigenvalue weighted by molar-refractivity contribution is 7.98. The first kappa shape index (κ1) is 23.0. The summed E-state index contributed by atoms with van der Waals surface area (Å²) in [5.74, 6) is 0. The minimum Gasteiger partial charge on any atom is -0.383 e. The van der Waals surface area contributed by atoms with Crippen LogP contribution in [0, 0.1) is 6.92 Å². The Morgan fingerprint density at radius 2 is 1.81 bits per heavy atom. The zero-order chi connectivity index (χ0) is 22.1. The van der Waals surface area contributed by atoms with Crippen molar-refractivity contribution in [3.05, 3.63) is 73.9 Å². The molecule has 31 heavy (non-hydrogen) atoms. The van der Waals surface area contributed by atoms with Gasteiger partial charge in [-0.2, -0.15) is 5.10 Å². The summed E-state index contributed by atoms with van der Waals surface area (Å²) in [7, 11) is 1.76. The number of hydrogen-bond acceptors (Lipinski definition) is 4. The molecule has 2 aromatic carbocycles. The number of fused-ring (bicyclic) bond motifs is 1. The van der Waals surface area contributed by atoms with E-state index in [9.17, 15) is 0 Å².